The second-order valence-corrected chi connectivity index (χ2v) is 7.64. The van der Waals surface area contributed by atoms with Gasteiger partial charge in [0.15, 0.2) is 0 Å². The van der Waals surface area contributed by atoms with Crippen LogP contribution in [0.5, 0.6) is 0 Å². The Hall–Kier alpha value is -0.0400. The number of unbranched alkanes of at least 4 members (excludes halogenated alkanes) is 11. The Labute approximate surface area is 141 Å². The first-order valence-electron chi connectivity index (χ1n) is 10.6. The third kappa shape index (κ3) is 12.5. The first kappa shape index (κ1) is 20.0. The fourth-order valence-electron chi connectivity index (χ4n) is 3.98. The molecule has 1 rings (SSSR count). The lowest BCUT2D eigenvalue weighted by Gasteiger charge is -2.21. The van der Waals surface area contributed by atoms with Crippen molar-refractivity contribution in [2.45, 2.75) is 116 Å². The van der Waals surface area contributed by atoms with E-state index in [2.05, 4.69) is 12.4 Å². The Morgan fingerprint density at radius 1 is 0.591 bits per heavy atom. The highest BCUT2D eigenvalue weighted by atomic mass is 14.8. The van der Waals surface area contributed by atoms with E-state index in [1.165, 1.54) is 122 Å². The summed E-state index contributed by atoms with van der Waals surface area (Å²) in [7, 11) is 2.05. The predicted molar refractivity (Wildman–Crippen MR) is 101 cm³/mol. The molecule has 0 aromatic rings. The normalized spacial score (nSPS) is 16.2. The summed E-state index contributed by atoms with van der Waals surface area (Å²) >= 11 is 0. The molecule has 0 aromatic heterocycles. The van der Waals surface area contributed by atoms with Crippen LogP contribution in [-0.2, 0) is 0 Å². The van der Waals surface area contributed by atoms with Crippen LogP contribution in [0.3, 0.4) is 0 Å². The van der Waals surface area contributed by atoms with Gasteiger partial charge in [0.05, 0.1) is 0 Å². The minimum Gasteiger partial charge on any atom is -0.320 e. The summed E-state index contributed by atoms with van der Waals surface area (Å²) in [6.45, 7) is 1.20. The Kier molecular flexibility index (Phi) is 14.4. The first-order chi connectivity index (χ1) is 10.9. The van der Waals surface area contributed by atoms with Crippen molar-refractivity contribution in [3.8, 4) is 0 Å². The summed E-state index contributed by atoms with van der Waals surface area (Å²) in [4.78, 5) is 0. The molecular weight excluding hydrogens is 266 g/mol. The summed E-state index contributed by atoms with van der Waals surface area (Å²) in [5.41, 5.74) is 0. The Morgan fingerprint density at radius 2 is 1.05 bits per heavy atom. The average Bonchev–Trinajstić information content (AvgIpc) is 2.56. The molecule has 1 fully saturated rings. The smallest absolute Gasteiger partial charge is 0.00519 e. The second-order valence-electron chi connectivity index (χ2n) is 7.64. The van der Waals surface area contributed by atoms with Crippen LogP contribution in [0.1, 0.15) is 116 Å². The van der Waals surface area contributed by atoms with Crippen molar-refractivity contribution in [3.05, 3.63) is 0 Å². The summed E-state index contributed by atoms with van der Waals surface area (Å²) in [6.07, 6.45) is 26.8. The van der Waals surface area contributed by atoms with Gasteiger partial charge in [0, 0.05) is 0 Å². The molecule has 1 saturated carbocycles. The minimum absolute atomic E-state index is 1.10. The van der Waals surface area contributed by atoms with E-state index < -0.39 is 0 Å². The van der Waals surface area contributed by atoms with Gasteiger partial charge in [-0.25, -0.2) is 0 Å². The number of hydrogen-bond acceptors (Lipinski definition) is 1. The van der Waals surface area contributed by atoms with Gasteiger partial charge in [-0.15, -0.1) is 0 Å². The van der Waals surface area contributed by atoms with E-state index in [9.17, 15) is 0 Å². The molecular formula is C21H43N. The van der Waals surface area contributed by atoms with Gasteiger partial charge in [0.2, 0.25) is 0 Å². The molecule has 0 spiro atoms. The van der Waals surface area contributed by atoms with Crippen molar-refractivity contribution in [2.24, 2.45) is 5.92 Å². The van der Waals surface area contributed by atoms with E-state index in [1.54, 1.807) is 0 Å². The van der Waals surface area contributed by atoms with Crippen LogP contribution in [-0.4, -0.2) is 13.6 Å². The first-order valence-corrected chi connectivity index (χ1v) is 10.6. The lowest BCUT2D eigenvalue weighted by atomic mass is 9.85. The van der Waals surface area contributed by atoms with Gasteiger partial charge in [-0.2, -0.15) is 0 Å². The van der Waals surface area contributed by atoms with Crippen LogP contribution in [0.15, 0.2) is 0 Å². The second kappa shape index (κ2) is 15.8. The predicted octanol–water partition coefficient (Wildman–Crippen LogP) is 6.86. The maximum absolute atomic E-state index is 3.23. The van der Waals surface area contributed by atoms with Crippen LogP contribution in [0.4, 0.5) is 0 Å². The molecule has 1 N–H and O–H groups in total. The molecule has 0 aromatic carbocycles. The van der Waals surface area contributed by atoms with E-state index in [1.807, 2.05) is 0 Å². The quantitative estimate of drug-likeness (QED) is 0.326. The molecule has 1 aliphatic rings. The Morgan fingerprint density at radius 3 is 1.55 bits per heavy atom. The fourth-order valence-corrected chi connectivity index (χ4v) is 3.98. The van der Waals surface area contributed by atoms with Gasteiger partial charge < -0.3 is 5.32 Å². The van der Waals surface area contributed by atoms with Crippen molar-refractivity contribution in [1.82, 2.24) is 5.32 Å². The lowest BCUT2D eigenvalue weighted by molar-refractivity contribution is 0.328. The van der Waals surface area contributed by atoms with Gasteiger partial charge >= 0.3 is 0 Å². The van der Waals surface area contributed by atoms with Crippen LogP contribution in [0.25, 0.3) is 0 Å². The Bertz CT molecular complexity index is 208. The van der Waals surface area contributed by atoms with Gasteiger partial charge in [0.1, 0.15) is 0 Å². The van der Waals surface area contributed by atoms with E-state index in [4.69, 9.17) is 0 Å². The van der Waals surface area contributed by atoms with Crippen LogP contribution >= 0.6 is 0 Å². The highest BCUT2D eigenvalue weighted by Crippen LogP contribution is 2.28. The maximum atomic E-state index is 3.23. The largest absolute Gasteiger partial charge is 0.320 e. The topological polar surface area (TPSA) is 12.0 Å². The fraction of sp³-hybridized carbons (Fsp3) is 1.00. The van der Waals surface area contributed by atoms with Crippen molar-refractivity contribution in [1.29, 1.82) is 0 Å². The van der Waals surface area contributed by atoms with Crippen molar-refractivity contribution in [2.75, 3.05) is 13.6 Å². The summed E-state index contributed by atoms with van der Waals surface area (Å²) in [5, 5.41) is 3.23. The molecule has 132 valence electrons. The lowest BCUT2D eigenvalue weighted by Crippen LogP contribution is -2.06. The van der Waals surface area contributed by atoms with Gasteiger partial charge in [0.25, 0.3) is 0 Å². The molecule has 0 aliphatic heterocycles. The molecule has 0 bridgehead atoms. The molecule has 0 saturated heterocycles. The zero-order valence-electron chi connectivity index (χ0n) is 15.5. The molecule has 0 radical (unpaired) electrons. The third-order valence-corrected chi connectivity index (χ3v) is 5.51. The van der Waals surface area contributed by atoms with Gasteiger partial charge in [-0.3, -0.25) is 0 Å². The van der Waals surface area contributed by atoms with Crippen molar-refractivity contribution in [3.63, 3.8) is 0 Å². The van der Waals surface area contributed by atoms with Crippen molar-refractivity contribution < 1.29 is 0 Å². The van der Waals surface area contributed by atoms with Crippen LogP contribution < -0.4 is 5.32 Å². The molecule has 22 heavy (non-hydrogen) atoms. The minimum atomic E-state index is 1.10. The number of nitrogens with one attached hydrogen (secondary N) is 1. The summed E-state index contributed by atoms with van der Waals surface area (Å²) < 4.78 is 0. The molecule has 0 unspecified atom stereocenters. The Balaban J connectivity index is 1.68. The third-order valence-electron chi connectivity index (χ3n) is 5.51. The van der Waals surface area contributed by atoms with Crippen LogP contribution in [0, 0.1) is 5.92 Å². The SMILES string of the molecule is CNCCCCCCCCCCCCCCC1CCCCC1. The van der Waals surface area contributed by atoms with E-state index in [-0.39, 0.29) is 0 Å². The monoisotopic (exact) mass is 309 g/mol. The van der Waals surface area contributed by atoms with Crippen molar-refractivity contribution >= 4 is 0 Å². The van der Waals surface area contributed by atoms with Gasteiger partial charge in [-0.05, 0) is 25.9 Å². The highest BCUT2D eigenvalue weighted by molar-refractivity contribution is 4.65. The average molecular weight is 310 g/mol. The van der Waals surface area contributed by atoms with E-state index in [0.29, 0.717) is 0 Å². The number of rotatable bonds is 15. The van der Waals surface area contributed by atoms with Gasteiger partial charge in [-0.1, -0.05) is 109 Å². The maximum Gasteiger partial charge on any atom is -0.00519 e. The summed E-state index contributed by atoms with van der Waals surface area (Å²) in [6, 6.07) is 0. The standard InChI is InChI=1S/C21H43N/c1-22-20-16-11-9-7-5-3-2-4-6-8-10-13-17-21-18-14-12-15-19-21/h21-22H,2-20H2,1H3. The van der Waals surface area contributed by atoms with Crippen LogP contribution in [0.2, 0.25) is 0 Å². The molecule has 1 heteroatoms. The molecule has 0 heterocycles. The molecule has 1 nitrogen and oxygen atoms in total. The van der Waals surface area contributed by atoms with E-state index >= 15 is 0 Å². The van der Waals surface area contributed by atoms with E-state index in [0.717, 1.165) is 5.92 Å². The molecule has 0 amide bonds. The summed E-state index contributed by atoms with van der Waals surface area (Å²) in [5.74, 6) is 1.10. The molecule has 1 aliphatic carbocycles. The zero-order valence-corrected chi connectivity index (χ0v) is 15.5. The highest BCUT2D eigenvalue weighted by Gasteiger charge is 2.12. The zero-order chi connectivity index (χ0) is 15.7. The molecule has 0 atom stereocenters. The number of hydrogen-bond donors (Lipinski definition) is 1.